The molecule has 0 saturated carbocycles. The largest absolute Gasteiger partial charge is 0.496 e. The lowest BCUT2D eigenvalue weighted by Crippen LogP contribution is -2.48. The van der Waals surface area contributed by atoms with Crippen LogP contribution in [-0.4, -0.2) is 50.0 Å². The van der Waals surface area contributed by atoms with E-state index in [1.165, 1.54) is 7.11 Å². The molecule has 1 aromatic heterocycles. The smallest absolute Gasteiger partial charge is 0.291 e. The van der Waals surface area contributed by atoms with E-state index in [2.05, 4.69) is 22.3 Å². The highest BCUT2D eigenvalue weighted by molar-refractivity contribution is 6.15. The van der Waals surface area contributed by atoms with Crippen molar-refractivity contribution < 1.29 is 18.7 Å². The zero-order chi connectivity index (χ0) is 23.5. The molecule has 5 rings (SSSR count). The number of nitrogens with one attached hydrogen (secondary N) is 1. The molecule has 0 spiro atoms. The van der Waals surface area contributed by atoms with Crippen LogP contribution in [0.5, 0.6) is 5.75 Å². The van der Waals surface area contributed by atoms with Gasteiger partial charge in [0.2, 0.25) is 5.76 Å². The summed E-state index contributed by atoms with van der Waals surface area (Å²) >= 11 is 0. The molecular formula is C27H25N3O4. The molecule has 1 saturated heterocycles. The van der Waals surface area contributed by atoms with E-state index in [1.807, 2.05) is 36.4 Å². The van der Waals surface area contributed by atoms with Crippen LogP contribution in [-0.2, 0) is 0 Å². The molecule has 3 aromatic carbocycles. The second-order valence-electron chi connectivity index (χ2n) is 8.07. The Labute approximate surface area is 197 Å². The van der Waals surface area contributed by atoms with Crippen molar-refractivity contribution in [3.63, 3.8) is 0 Å². The average Bonchev–Trinajstić information content (AvgIpc) is 3.27. The van der Waals surface area contributed by atoms with E-state index in [4.69, 9.17) is 9.15 Å². The predicted octanol–water partition coefficient (Wildman–Crippen LogP) is 4.66. The molecule has 1 aliphatic heterocycles. The number of hydrogen-bond acceptors (Lipinski definition) is 5. The number of carbonyl (C=O) groups is 2. The van der Waals surface area contributed by atoms with Gasteiger partial charge in [0.25, 0.3) is 11.8 Å². The summed E-state index contributed by atoms with van der Waals surface area (Å²) in [6, 6.07) is 24.4. The van der Waals surface area contributed by atoms with Gasteiger partial charge in [-0.1, -0.05) is 42.5 Å². The molecular weight excluding hydrogens is 430 g/mol. The summed E-state index contributed by atoms with van der Waals surface area (Å²) < 4.78 is 11.3. The van der Waals surface area contributed by atoms with Crippen molar-refractivity contribution in [2.75, 3.05) is 43.5 Å². The number of hydrogen-bond donors (Lipinski definition) is 1. The molecule has 4 aromatic rings. The fourth-order valence-corrected chi connectivity index (χ4v) is 4.28. The van der Waals surface area contributed by atoms with E-state index < -0.39 is 0 Å². The number of piperazine rings is 1. The first-order valence-corrected chi connectivity index (χ1v) is 11.2. The van der Waals surface area contributed by atoms with Crippen molar-refractivity contribution in [1.29, 1.82) is 0 Å². The number of nitrogens with zero attached hydrogens (tertiary/aromatic N) is 2. The SMILES string of the molecule is COc1ccccc1C(=O)Nc1c(C(=O)N2CCN(c3ccccc3)CC2)oc2ccccc12. The number of anilines is 2. The number of rotatable bonds is 5. The summed E-state index contributed by atoms with van der Waals surface area (Å²) in [5.74, 6) is -0.0125. The summed E-state index contributed by atoms with van der Waals surface area (Å²) in [6.45, 7) is 2.56. The number of para-hydroxylation sites is 3. The van der Waals surface area contributed by atoms with Crippen molar-refractivity contribution in [3.8, 4) is 5.75 Å². The van der Waals surface area contributed by atoms with Gasteiger partial charge in [-0.15, -0.1) is 0 Å². The Morgan fingerprint density at radius 3 is 2.29 bits per heavy atom. The molecule has 2 amide bonds. The lowest BCUT2D eigenvalue weighted by Gasteiger charge is -2.35. The Kier molecular flexibility index (Phi) is 5.91. The normalized spacial score (nSPS) is 13.7. The molecule has 0 bridgehead atoms. The van der Waals surface area contributed by atoms with Crippen LogP contribution in [0.3, 0.4) is 0 Å². The van der Waals surface area contributed by atoms with Crippen molar-refractivity contribution in [2.24, 2.45) is 0 Å². The zero-order valence-corrected chi connectivity index (χ0v) is 18.9. The van der Waals surface area contributed by atoms with Crippen LogP contribution in [0, 0.1) is 0 Å². The minimum Gasteiger partial charge on any atom is -0.496 e. The Balaban J connectivity index is 1.41. The van der Waals surface area contributed by atoms with Crippen molar-refractivity contribution in [2.45, 2.75) is 0 Å². The first-order valence-electron chi connectivity index (χ1n) is 11.2. The number of fused-ring (bicyclic) bond motifs is 1. The topological polar surface area (TPSA) is 75.0 Å². The van der Waals surface area contributed by atoms with Crippen LogP contribution < -0.4 is 15.0 Å². The van der Waals surface area contributed by atoms with E-state index in [1.54, 1.807) is 35.2 Å². The fourth-order valence-electron chi connectivity index (χ4n) is 4.28. The van der Waals surface area contributed by atoms with Gasteiger partial charge in [-0.05, 0) is 36.4 Å². The van der Waals surface area contributed by atoms with Gasteiger partial charge in [-0.25, -0.2) is 0 Å². The standard InChI is InChI=1S/C27H25N3O4/c1-33-22-13-7-6-12-21(22)26(31)28-24-20-11-5-8-14-23(20)34-25(24)27(32)30-17-15-29(16-18-30)19-9-3-2-4-10-19/h2-14H,15-18H2,1H3,(H,28,31). The van der Waals surface area contributed by atoms with Crippen LogP contribution in [0.15, 0.2) is 83.3 Å². The quantitative estimate of drug-likeness (QED) is 0.474. The molecule has 0 radical (unpaired) electrons. The summed E-state index contributed by atoms with van der Waals surface area (Å²) in [5, 5.41) is 3.59. The second-order valence-corrected chi connectivity index (χ2v) is 8.07. The van der Waals surface area contributed by atoms with E-state index in [9.17, 15) is 9.59 Å². The van der Waals surface area contributed by atoms with Crippen LogP contribution in [0.1, 0.15) is 20.9 Å². The van der Waals surface area contributed by atoms with Crippen LogP contribution in [0.4, 0.5) is 11.4 Å². The van der Waals surface area contributed by atoms with Crippen LogP contribution in [0.25, 0.3) is 11.0 Å². The third kappa shape index (κ3) is 4.08. The molecule has 1 aliphatic rings. The van der Waals surface area contributed by atoms with Gasteiger partial charge >= 0.3 is 0 Å². The van der Waals surface area contributed by atoms with E-state index >= 15 is 0 Å². The number of ether oxygens (including phenoxy) is 1. The second kappa shape index (κ2) is 9.31. The minimum atomic E-state index is -0.369. The summed E-state index contributed by atoms with van der Waals surface area (Å²) in [4.78, 5) is 30.7. The summed E-state index contributed by atoms with van der Waals surface area (Å²) in [6.07, 6.45) is 0. The minimum absolute atomic E-state index is 0.137. The Morgan fingerprint density at radius 2 is 1.53 bits per heavy atom. The number of furan rings is 1. The van der Waals surface area contributed by atoms with Crippen molar-refractivity contribution >= 4 is 34.2 Å². The maximum atomic E-state index is 13.5. The number of amides is 2. The first-order chi connectivity index (χ1) is 16.7. The lowest BCUT2D eigenvalue weighted by atomic mass is 10.1. The highest BCUT2D eigenvalue weighted by atomic mass is 16.5. The maximum absolute atomic E-state index is 13.5. The van der Waals surface area contributed by atoms with Gasteiger partial charge in [0.1, 0.15) is 17.0 Å². The highest BCUT2D eigenvalue weighted by Gasteiger charge is 2.29. The maximum Gasteiger partial charge on any atom is 0.291 e. The van der Waals surface area contributed by atoms with Gasteiger partial charge in [0.15, 0.2) is 0 Å². The number of carbonyl (C=O) groups excluding carboxylic acids is 2. The number of methoxy groups -OCH3 is 1. The Morgan fingerprint density at radius 1 is 0.853 bits per heavy atom. The third-order valence-corrected chi connectivity index (χ3v) is 6.07. The molecule has 172 valence electrons. The molecule has 0 atom stereocenters. The summed E-state index contributed by atoms with van der Waals surface area (Å²) in [7, 11) is 1.52. The zero-order valence-electron chi connectivity index (χ0n) is 18.9. The summed E-state index contributed by atoms with van der Waals surface area (Å²) in [5.41, 5.74) is 2.44. The van der Waals surface area contributed by atoms with Crippen LogP contribution >= 0.6 is 0 Å². The highest BCUT2D eigenvalue weighted by Crippen LogP contribution is 2.33. The van der Waals surface area contributed by atoms with Crippen molar-refractivity contribution in [3.05, 3.63) is 90.2 Å². The molecule has 0 aliphatic carbocycles. The van der Waals surface area contributed by atoms with E-state index in [0.717, 1.165) is 18.8 Å². The first kappa shape index (κ1) is 21.6. The molecule has 7 heteroatoms. The van der Waals surface area contributed by atoms with Crippen LogP contribution in [0.2, 0.25) is 0 Å². The Hall–Kier alpha value is -4.26. The number of benzene rings is 3. The van der Waals surface area contributed by atoms with Gasteiger partial charge in [0.05, 0.1) is 12.7 Å². The van der Waals surface area contributed by atoms with E-state index in [-0.39, 0.29) is 17.6 Å². The third-order valence-electron chi connectivity index (χ3n) is 6.07. The lowest BCUT2D eigenvalue weighted by molar-refractivity contribution is 0.0718. The van der Waals surface area contributed by atoms with Gasteiger partial charge in [0, 0.05) is 37.3 Å². The van der Waals surface area contributed by atoms with Gasteiger partial charge < -0.3 is 24.3 Å². The van der Waals surface area contributed by atoms with Gasteiger partial charge in [-0.3, -0.25) is 9.59 Å². The molecule has 1 fully saturated rings. The molecule has 0 unspecified atom stereocenters. The molecule has 1 N–H and O–H groups in total. The van der Waals surface area contributed by atoms with Crippen molar-refractivity contribution in [1.82, 2.24) is 4.90 Å². The average molecular weight is 456 g/mol. The van der Waals surface area contributed by atoms with E-state index in [0.29, 0.717) is 41.1 Å². The monoisotopic (exact) mass is 455 g/mol. The van der Waals surface area contributed by atoms with Gasteiger partial charge in [-0.2, -0.15) is 0 Å². The molecule has 34 heavy (non-hydrogen) atoms. The molecule has 7 nitrogen and oxygen atoms in total. The Bertz CT molecular complexity index is 1320. The molecule has 2 heterocycles. The predicted molar refractivity (Wildman–Crippen MR) is 132 cm³/mol. The fraction of sp³-hybridized carbons (Fsp3) is 0.185.